The smallest absolute Gasteiger partial charge is 0.259 e. The van der Waals surface area contributed by atoms with Gasteiger partial charge in [0, 0.05) is 16.3 Å². The van der Waals surface area contributed by atoms with E-state index < -0.39 is 0 Å². The van der Waals surface area contributed by atoms with Gasteiger partial charge in [0.25, 0.3) is 5.91 Å². The summed E-state index contributed by atoms with van der Waals surface area (Å²) in [7, 11) is 1.46. The summed E-state index contributed by atoms with van der Waals surface area (Å²) in [5, 5.41) is 3.55. The summed E-state index contributed by atoms with van der Waals surface area (Å²) in [5.74, 6) is 0.640. The molecular weight excluding hydrogens is 409 g/mol. The second-order valence-corrected chi connectivity index (χ2v) is 7.40. The number of halogens is 2. The largest absolute Gasteiger partial charge is 0.494 e. The number of ether oxygens (including phenoxy) is 1. The summed E-state index contributed by atoms with van der Waals surface area (Å²) in [6.45, 7) is 1.92. The van der Waals surface area contributed by atoms with Crippen LogP contribution in [0.1, 0.15) is 15.9 Å². The van der Waals surface area contributed by atoms with E-state index in [2.05, 4.69) is 15.3 Å². The van der Waals surface area contributed by atoms with Crippen molar-refractivity contribution in [1.29, 1.82) is 0 Å². The quantitative estimate of drug-likeness (QED) is 0.414. The van der Waals surface area contributed by atoms with Gasteiger partial charge in [-0.3, -0.25) is 4.79 Å². The van der Waals surface area contributed by atoms with Crippen LogP contribution in [0.3, 0.4) is 0 Å². The first kappa shape index (κ1) is 19.3. The molecule has 29 heavy (non-hydrogen) atoms. The number of nitrogens with zero attached hydrogens (tertiary/aromatic N) is 1. The monoisotopic (exact) mass is 425 g/mol. The third-order valence-electron chi connectivity index (χ3n) is 4.61. The summed E-state index contributed by atoms with van der Waals surface area (Å²) in [6, 6.07) is 16.6. The highest BCUT2D eigenvalue weighted by molar-refractivity contribution is 6.36. The second-order valence-electron chi connectivity index (χ2n) is 6.55. The van der Waals surface area contributed by atoms with E-state index in [-0.39, 0.29) is 22.2 Å². The Bertz CT molecular complexity index is 1200. The Morgan fingerprint density at radius 1 is 1.10 bits per heavy atom. The number of H-pyrrole nitrogens is 1. The molecule has 0 radical (unpaired) electrons. The lowest BCUT2D eigenvalue weighted by Gasteiger charge is -2.13. The number of fused-ring (bicyclic) bond motifs is 1. The maximum atomic E-state index is 12.9. The van der Waals surface area contributed by atoms with Crippen molar-refractivity contribution < 1.29 is 9.53 Å². The fourth-order valence-corrected chi connectivity index (χ4v) is 3.69. The minimum absolute atomic E-state index is 0.263. The van der Waals surface area contributed by atoms with Crippen LogP contribution in [0.2, 0.25) is 10.0 Å². The van der Waals surface area contributed by atoms with E-state index in [4.69, 9.17) is 27.9 Å². The van der Waals surface area contributed by atoms with Crippen LogP contribution in [0.4, 0.5) is 5.69 Å². The number of anilines is 1. The predicted molar refractivity (Wildman–Crippen MR) is 117 cm³/mol. The lowest BCUT2D eigenvalue weighted by molar-refractivity contribution is 0.102. The van der Waals surface area contributed by atoms with Gasteiger partial charge in [-0.2, -0.15) is 0 Å². The predicted octanol–water partition coefficient (Wildman–Crippen LogP) is 6.11. The van der Waals surface area contributed by atoms with Crippen molar-refractivity contribution in [3.8, 4) is 17.1 Å². The van der Waals surface area contributed by atoms with Crippen molar-refractivity contribution in [2.24, 2.45) is 0 Å². The molecule has 0 aliphatic carbocycles. The lowest BCUT2D eigenvalue weighted by Crippen LogP contribution is -2.14. The molecule has 4 aromatic rings. The van der Waals surface area contributed by atoms with Crippen LogP contribution in [-0.4, -0.2) is 23.0 Å². The average molecular weight is 426 g/mol. The Morgan fingerprint density at radius 3 is 2.66 bits per heavy atom. The molecule has 0 bridgehead atoms. The van der Waals surface area contributed by atoms with Crippen molar-refractivity contribution in [2.75, 3.05) is 12.4 Å². The van der Waals surface area contributed by atoms with Gasteiger partial charge in [-0.25, -0.2) is 4.98 Å². The molecule has 1 heterocycles. The molecule has 5 nitrogen and oxygen atoms in total. The van der Waals surface area contributed by atoms with Gasteiger partial charge in [-0.15, -0.1) is 0 Å². The Kier molecular flexibility index (Phi) is 5.18. The van der Waals surface area contributed by atoms with E-state index in [0.29, 0.717) is 10.7 Å². The molecule has 0 aliphatic heterocycles. The SMILES string of the molecule is COc1c(Cl)cc(Cl)cc1C(=O)Nc1cc(-c2nc3ccccc3[nH]2)ccc1C. The number of hydrogen-bond donors (Lipinski definition) is 2. The molecule has 0 saturated heterocycles. The van der Waals surface area contributed by atoms with Crippen LogP contribution in [0.5, 0.6) is 5.75 Å². The third-order valence-corrected chi connectivity index (χ3v) is 5.10. The number of imidazole rings is 1. The first-order valence-corrected chi connectivity index (χ1v) is 9.62. The second kappa shape index (κ2) is 7.78. The van der Waals surface area contributed by atoms with Gasteiger partial charge in [0.05, 0.1) is 28.7 Å². The van der Waals surface area contributed by atoms with Crippen molar-refractivity contribution in [1.82, 2.24) is 9.97 Å². The highest BCUT2D eigenvalue weighted by atomic mass is 35.5. The van der Waals surface area contributed by atoms with Gasteiger partial charge in [0.1, 0.15) is 11.6 Å². The van der Waals surface area contributed by atoms with E-state index in [1.54, 1.807) is 0 Å². The number of aryl methyl sites for hydroxylation is 1. The molecule has 0 saturated carbocycles. The van der Waals surface area contributed by atoms with Gasteiger partial charge < -0.3 is 15.0 Å². The molecule has 2 N–H and O–H groups in total. The van der Waals surface area contributed by atoms with Gasteiger partial charge in [-0.05, 0) is 42.8 Å². The number of hydrogen-bond acceptors (Lipinski definition) is 3. The minimum Gasteiger partial charge on any atom is -0.494 e. The van der Waals surface area contributed by atoms with Crippen LogP contribution >= 0.6 is 23.2 Å². The van der Waals surface area contributed by atoms with E-state index >= 15 is 0 Å². The minimum atomic E-state index is -0.365. The number of rotatable bonds is 4. The highest BCUT2D eigenvalue weighted by Gasteiger charge is 2.18. The van der Waals surface area contributed by atoms with E-state index in [1.165, 1.54) is 19.2 Å². The zero-order valence-electron chi connectivity index (χ0n) is 15.7. The van der Waals surface area contributed by atoms with Crippen LogP contribution < -0.4 is 10.1 Å². The zero-order chi connectivity index (χ0) is 20.5. The Hall–Kier alpha value is -3.02. The number of aromatic nitrogens is 2. The number of aromatic amines is 1. The van der Waals surface area contributed by atoms with Crippen molar-refractivity contribution in [2.45, 2.75) is 6.92 Å². The average Bonchev–Trinajstić information content (AvgIpc) is 3.13. The fourth-order valence-electron chi connectivity index (χ4n) is 3.12. The normalized spacial score (nSPS) is 10.9. The molecule has 1 aromatic heterocycles. The summed E-state index contributed by atoms with van der Waals surface area (Å²) < 4.78 is 5.28. The van der Waals surface area contributed by atoms with Crippen LogP contribution in [0.25, 0.3) is 22.4 Å². The van der Waals surface area contributed by atoms with Crippen LogP contribution in [0, 0.1) is 6.92 Å². The molecular formula is C22H17Cl2N3O2. The number of carbonyl (C=O) groups excluding carboxylic acids is 1. The number of carbonyl (C=O) groups is 1. The van der Waals surface area contributed by atoms with Gasteiger partial charge in [-0.1, -0.05) is 47.5 Å². The van der Waals surface area contributed by atoms with E-state index in [0.717, 1.165) is 28.0 Å². The van der Waals surface area contributed by atoms with Gasteiger partial charge in [0.15, 0.2) is 0 Å². The van der Waals surface area contributed by atoms with Gasteiger partial charge in [0.2, 0.25) is 0 Å². The highest BCUT2D eigenvalue weighted by Crippen LogP contribution is 2.33. The number of amides is 1. The molecule has 0 unspecified atom stereocenters. The topological polar surface area (TPSA) is 67.0 Å². The van der Waals surface area contributed by atoms with Crippen molar-refractivity contribution >= 4 is 45.8 Å². The zero-order valence-corrected chi connectivity index (χ0v) is 17.2. The van der Waals surface area contributed by atoms with Crippen LogP contribution in [0.15, 0.2) is 54.6 Å². The summed E-state index contributed by atoms with van der Waals surface area (Å²) in [6.07, 6.45) is 0. The summed E-state index contributed by atoms with van der Waals surface area (Å²) in [5.41, 5.74) is 4.52. The lowest BCUT2D eigenvalue weighted by atomic mass is 10.1. The van der Waals surface area contributed by atoms with E-state index in [9.17, 15) is 4.79 Å². The van der Waals surface area contributed by atoms with Gasteiger partial charge >= 0.3 is 0 Å². The maximum absolute atomic E-state index is 12.9. The van der Waals surface area contributed by atoms with Crippen molar-refractivity contribution in [3.05, 3.63) is 75.8 Å². The molecule has 146 valence electrons. The van der Waals surface area contributed by atoms with Crippen LogP contribution in [-0.2, 0) is 0 Å². The molecule has 0 atom stereocenters. The van der Waals surface area contributed by atoms with Crippen molar-refractivity contribution in [3.63, 3.8) is 0 Å². The fraction of sp³-hybridized carbons (Fsp3) is 0.0909. The molecule has 3 aromatic carbocycles. The molecule has 1 amide bonds. The molecule has 0 spiro atoms. The standard InChI is InChI=1S/C22H17Cl2N3O2/c1-12-7-8-13(21-25-17-5-3-4-6-18(17)26-21)9-19(12)27-22(28)15-10-14(23)11-16(24)20(15)29-2/h3-11H,1-2H3,(H,25,26)(H,27,28). The Balaban J connectivity index is 1.69. The number of benzene rings is 3. The molecule has 7 heteroatoms. The maximum Gasteiger partial charge on any atom is 0.259 e. The Labute approximate surface area is 177 Å². The molecule has 0 fully saturated rings. The Morgan fingerprint density at radius 2 is 1.90 bits per heavy atom. The number of methoxy groups -OCH3 is 1. The summed E-state index contributed by atoms with van der Waals surface area (Å²) in [4.78, 5) is 20.8. The first-order chi connectivity index (χ1) is 14.0. The molecule has 4 rings (SSSR count). The first-order valence-electron chi connectivity index (χ1n) is 8.86. The summed E-state index contributed by atoms with van der Waals surface area (Å²) >= 11 is 12.2. The third kappa shape index (κ3) is 3.79. The molecule has 0 aliphatic rings. The van der Waals surface area contributed by atoms with E-state index in [1.807, 2.05) is 49.4 Å². The number of para-hydroxylation sites is 2. The number of nitrogens with one attached hydrogen (secondary N) is 2.